The van der Waals surface area contributed by atoms with E-state index in [2.05, 4.69) is 0 Å². The van der Waals surface area contributed by atoms with E-state index < -0.39 is 0 Å². The summed E-state index contributed by atoms with van der Waals surface area (Å²) in [4.78, 5) is 0. The third-order valence-electron chi connectivity index (χ3n) is 5.82. The molecule has 0 saturated heterocycles. The number of phenols is 2. The monoisotopic (exact) mass is 526 g/mol. The van der Waals surface area contributed by atoms with E-state index in [-0.39, 0.29) is 11.5 Å². The van der Waals surface area contributed by atoms with Crippen LogP contribution in [0.1, 0.15) is 22.3 Å². The van der Waals surface area contributed by atoms with E-state index >= 15 is 0 Å². The molecular weight excluding hydrogens is 496 g/mol. The summed E-state index contributed by atoms with van der Waals surface area (Å²) in [5.74, 6) is 3.37. The zero-order chi connectivity index (χ0) is 27.8. The highest BCUT2D eigenvalue weighted by atomic mass is 16.5. The van der Waals surface area contributed by atoms with Gasteiger partial charge >= 0.3 is 0 Å². The molecule has 0 unspecified atom stereocenters. The van der Waals surface area contributed by atoms with Crippen LogP contribution in [0.4, 0.5) is 0 Å². The predicted molar refractivity (Wildman–Crippen MR) is 152 cm³/mol. The lowest BCUT2D eigenvalue weighted by molar-refractivity contribution is 0.407. The zero-order valence-electron chi connectivity index (χ0n) is 22.2. The molecule has 0 aliphatic rings. The Morgan fingerprint density at radius 1 is 0.513 bits per heavy atom. The number of methoxy groups -OCH3 is 4. The standard InChI is InChI=1S/C32H30O7/c1-35-27-9-5-7-23(17-27)31(15-21-11-25(33)19-29(13-21)37-3)39-32(24-8-6-10-28(18-24)36-2)16-22-12-26(34)20-30(14-22)38-4/h5-20,33-34H,1-4H3. The van der Waals surface area contributed by atoms with Crippen LogP contribution in [0.3, 0.4) is 0 Å². The molecule has 0 saturated carbocycles. The van der Waals surface area contributed by atoms with Crippen molar-refractivity contribution >= 4 is 23.7 Å². The van der Waals surface area contributed by atoms with E-state index in [0.29, 0.717) is 45.6 Å². The van der Waals surface area contributed by atoms with Gasteiger partial charge in [-0.1, -0.05) is 24.3 Å². The van der Waals surface area contributed by atoms with Gasteiger partial charge in [0.1, 0.15) is 46.0 Å². The lowest BCUT2D eigenvalue weighted by Crippen LogP contribution is -1.96. The van der Waals surface area contributed by atoms with Gasteiger partial charge < -0.3 is 33.9 Å². The summed E-state index contributed by atoms with van der Waals surface area (Å²) in [7, 11) is 6.27. The Balaban J connectivity index is 1.90. The van der Waals surface area contributed by atoms with Gasteiger partial charge in [0, 0.05) is 23.3 Å². The van der Waals surface area contributed by atoms with Gasteiger partial charge in [-0.2, -0.15) is 0 Å². The second-order valence-electron chi connectivity index (χ2n) is 8.51. The van der Waals surface area contributed by atoms with Gasteiger partial charge in [-0.3, -0.25) is 0 Å². The molecule has 0 aromatic heterocycles. The van der Waals surface area contributed by atoms with Crippen LogP contribution in [-0.4, -0.2) is 38.7 Å². The molecule has 0 radical (unpaired) electrons. The molecule has 0 bridgehead atoms. The summed E-state index contributed by atoms with van der Waals surface area (Å²) in [6, 6.07) is 24.8. The van der Waals surface area contributed by atoms with Crippen LogP contribution < -0.4 is 18.9 Å². The smallest absolute Gasteiger partial charge is 0.135 e. The van der Waals surface area contributed by atoms with Gasteiger partial charge in [-0.15, -0.1) is 0 Å². The Labute approximate surface area is 227 Å². The largest absolute Gasteiger partial charge is 0.508 e. The summed E-state index contributed by atoms with van der Waals surface area (Å²) in [6.07, 6.45) is 3.60. The third-order valence-corrected chi connectivity index (χ3v) is 5.82. The van der Waals surface area contributed by atoms with Gasteiger partial charge in [0.15, 0.2) is 0 Å². The molecule has 0 spiro atoms. The van der Waals surface area contributed by atoms with E-state index in [1.165, 1.54) is 26.4 Å². The summed E-state index contributed by atoms with van der Waals surface area (Å²) < 4.78 is 28.2. The zero-order valence-corrected chi connectivity index (χ0v) is 22.2. The average Bonchev–Trinajstić information content (AvgIpc) is 2.95. The Hall–Kier alpha value is -5.04. The number of phenolic OH excluding ortho intramolecular Hbond substituents is 2. The molecule has 0 fully saturated rings. The number of ether oxygens (including phenoxy) is 5. The first kappa shape index (κ1) is 27.0. The number of aromatic hydroxyl groups is 2. The molecule has 2 N–H and O–H groups in total. The normalized spacial score (nSPS) is 11.6. The molecule has 200 valence electrons. The highest BCUT2D eigenvalue weighted by Gasteiger charge is 2.14. The Morgan fingerprint density at radius 2 is 0.923 bits per heavy atom. The minimum atomic E-state index is 0.0565. The average molecular weight is 527 g/mol. The SMILES string of the molecule is COc1cc(O)cc(C=C(OC(=Cc2cc(O)cc(OC)c2)c2cccc(OC)c2)c2cccc(OC)c2)c1. The van der Waals surface area contributed by atoms with E-state index in [0.717, 1.165) is 11.1 Å². The molecule has 4 rings (SSSR count). The fourth-order valence-corrected chi connectivity index (χ4v) is 3.93. The summed E-state index contributed by atoms with van der Waals surface area (Å²) in [5.41, 5.74) is 2.79. The van der Waals surface area contributed by atoms with Gasteiger partial charge in [0.2, 0.25) is 0 Å². The molecule has 0 aliphatic heterocycles. The predicted octanol–water partition coefficient (Wildman–Crippen LogP) is 6.85. The maximum atomic E-state index is 10.2. The molecular formula is C32H30O7. The van der Waals surface area contributed by atoms with Gasteiger partial charge in [-0.05, 0) is 71.8 Å². The fourth-order valence-electron chi connectivity index (χ4n) is 3.93. The maximum absolute atomic E-state index is 10.2. The van der Waals surface area contributed by atoms with E-state index in [9.17, 15) is 10.2 Å². The van der Waals surface area contributed by atoms with Crippen molar-refractivity contribution in [2.75, 3.05) is 28.4 Å². The highest BCUT2D eigenvalue weighted by Crippen LogP contribution is 2.34. The molecule has 7 nitrogen and oxygen atoms in total. The second-order valence-corrected chi connectivity index (χ2v) is 8.51. The van der Waals surface area contributed by atoms with Crippen LogP contribution in [-0.2, 0) is 4.74 Å². The van der Waals surface area contributed by atoms with Crippen LogP contribution >= 0.6 is 0 Å². The molecule has 4 aromatic rings. The van der Waals surface area contributed by atoms with E-state index in [1.54, 1.807) is 50.6 Å². The van der Waals surface area contributed by atoms with Crippen LogP contribution in [0, 0.1) is 0 Å². The molecule has 4 aromatic carbocycles. The third kappa shape index (κ3) is 7.05. The van der Waals surface area contributed by atoms with E-state index in [4.69, 9.17) is 23.7 Å². The van der Waals surface area contributed by atoms with Crippen molar-refractivity contribution in [3.8, 4) is 34.5 Å². The van der Waals surface area contributed by atoms with Gasteiger partial charge in [-0.25, -0.2) is 0 Å². The van der Waals surface area contributed by atoms with Crippen molar-refractivity contribution < 1.29 is 33.9 Å². The summed E-state index contributed by atoms with van der Waals surface area (Å²) in [6.45, 7) is 0. The van der Waals surface area contributed by atoms with Crippen LogP contribution in [0.25, 0.3) is 23.7 Å². The molecule has 0 heterocycles. The van der Waals surface area contributed by atoms with Crippen LogP contribution in [0.5, 0.6) is 34.5 Å². The minimum Gasteiger partial charge on any atom is -0.508 e. The molecule has 39 heavy (non-hydrogen) atoms. The quantitative estimate of drug-likeness (QED) is 0.173. The number of hydrogen-bond donors (Lipinski definition) is 2. The minimum absolute atomic E-state index is 0.0565. The summed E-state index contributed by atoms with van der Waals surface area (Å²) >= 11 is 0. The first-order chi connectivity index (χ1) is 18.9. The second kappa shape index (κ2) is 12.5. The van der Waals surface area contributed by atoms with Crippen molar-refractivity contribution in [3.63, 3.8) is 0 Å². The van der Waals surface area contributed by atoms with Crippen molar-refractivity contribution in [1.29, 1.82) is 0 Å². The first-order valence-corrected chi connectivity index (χ1v) is 12.1. The van der Waals surface area contributed by atoms with Crippen molar-refractivity contribution in [3.05, 3.63) is 107 Å². The maximum Gasteiger partial charge on any atom is 0.135 e. The topological polar surface area (TPSA) is 86.6 Å². The molecule has 7 heteroatoms. The Bertz CT molecular complexity index is 1390. The molecule has 0 amide bonds. The van der Waals surface area contributed by atoms with Gasteiger partial charge in [0.25, 0.3) is 0 Å². The fraction of sp³-hybridized carbons (Fsp3) is 0.125. The van der Waals surface area contributed by atoms with E-state index in [1.807, 2.05) is 48.5 Å². The first-order valence-electron chi connectivity index (χ1n) is 12.1. The van der Waals surface area contributed by atoms with Crippen molar-refractivity contribution in [1.82, 2.24) is 0 Å². The van der Waals surface area contributed by atoms with Crippen molar-refractivity contribution in [2.24, 2.45) is 0 Å². The van der Waals surface area contributed by atoms with Crippen LogP contribution in [0.2, 0.25) is 0 Å². The number of hydrogen-bond acceptors (Lipinski definition) is 7. The molecule has 0 aliphatic carbocycles. The van der Waals surface area contributed by atoms with Crippen LogP contribution in [0.15, 0.2) is 84.9 Å². The Kier molecular flexibility index (Phi) is 8.64. The van der Waals surface area contributed by atoms with Crippen molar-refractivity contribution in [2.45, 2.75) is 0 Å². The van der Waals surface area contributed by atoms with Gasteiger partial charge in [0.05, 0.1) is 28.4 Å². The highest BCUT2D eigenvalue weighted by molar-refractivity contribution is 5.86. The Morgan fingerprint density at radius 3 is 1.31 bits per heavy atom. The molecule has 0 atom stereocenters. The lowest BCUT2D eigenvalue weighted by Gasteiger charge is -2.16. The number of benzene rings is 4. The lowest BCUT2D eigenvalue weighted by atomic mass is 10.1. The summed E-state index contributed by atoms with van der Waals surface area (Å²) in [5, 5.41) is 20.5. The number of rotatable bonds is 10.